The second-order valence-corrected chi connectivity index (χ2v) is 6.69. The number of aryl methyl sites for hydroxylation is 2. The van der Waals surface area contributed by atoms with Crippen molar-refractivity contribution in [1.82, 2.24) is 4.98 Å². The van der Waals surface area contributed by atoms with Crippen molar-refractivity contribution in [1.29, 1.82) is 0 Å². The first-order valence-corrected chi connectivity index (χ1v) is 7.36. The number of rotatable bonds is 3. The van der Waals surface area contributed by atoms with E-state index >= 15 is 0 Å². The fourth-order valence-corrected chi connectivity index (χ4v) is 2.38. The molecule has 0 aliphatic carbocycles. The highest BCUT2D eigenvalue weighted by atomic mass is 16.7. The summed E-state index contributed by atoms with van der Waals surface area (Å²) in [6, 6.07) is 4.07. The zero-order valence-corrected chi connectivity index (χ0v) is 13.9. The molecular formula is C16H25BN2O2. The van der Waals surface area contributed by atoms with Crippen LogP contribution in [-0.2, 0) is 9.31 Å². The molecule has 1 saturated heterocycles. The summed E-state index contributed by atoms with van der Waals surface area (Å²) in [6.07, 6.45) is 2.05. The van der Waals surface area contributed by atoms with Gasteiger partial charge in [0.05, 0.1) is 11.2 Å². The highest BCUT2D eigenvalue weighted by molar-refractivity contribution is 6.55. The van der Waals surface area contributed by atoms with Crippen LogP contribution in [0.15, 0.2) is 17.6 Å². The van der Waals surface area contributed by atoms with Crippen molar-refractivity contribution < 1.29 is 9.31 Å². The highest BCUT2D eigenvalue weighted by Crippen LogP contribution is 2.38. The van der Waals surface area contributed by atoms with E-state index in [1.165, 1.54) is 0 Å². The average molecular weight is 288 g/mol. The zero-order valence-electron chi connectivity index (χ0n) is 13.9. The van der Waals surface area contributed by atoms with E-state index in [1.54, 1.807) is 0 Å². The Morgan fingerprint density at radius 1 is 1.14 bits per heavy atom. The van der Waals surface area contributed by atoms with Gasteiger partial charge in [0.2, 0.25) is 0 Å². The Kier molecular flexibility index (Phi) is 4.29. The van der Waals surface area contributed by atoms with Gasteiger partial charge in [0.15, 0.2) is 0 Å². The second kappa shape index (κ2) is 5.56. The number of nitrogens with two attached hydrogens (primary N) is 1. The fourth-order valence-electron chi connectivity index (χ4n) is 2.38. The van der Waals surface area contributed by atoms with Crippen molar-refractivity contribution in [3.05, 3.63) is 34.6 Å². The Balaban J connectivity index is 2.30. The van der Waals surface area contributed by atoms with E-state index in [4.69, 9.17) is 15.0 Å². The molecule has 0 amide bonds. The first-order chi connectivity index (χ1) is 9.64. The van der Waals surface area contributed by atoms with Crippen LogP contribution in [0.25, 0.3) is 6.08 Å². The van der Waals surface area contributed by atoms with Crippen LogP contribution in [0.2, 0.25) is 0 Å². The van der Waals surface area contributed by atoms with E-state index in [2.05, 4.69) is 4.98 Å². The molecule has 0 saturated carbocycles. The number of hydrogen-bond acceptors (Lipinski definition) is 4. The van der Waals surface area contributed by atoms with Gasteiger partial charge in [-0.25, -0.2) is 0 Å². The number of hydrogen-bond donors (Lipinski definition) is 1. The van der Waals surface area contributed by atoms with E-state index in [0.29, 0.717) is 6.54 Å². The van der Waals surface area contributed by atoms with Crippen molar-refractivity contribution in [2.75, 3.05) is 6.54 Å². The summed E-state index contributed by atoms with van der Waals surface area (Å²) in [6.45, 7) is 12.5. The van der Waals surface area contributed by atoms with Crippen molar-refractivity contribution in [3.63, 3.8) is 0 Å². The molecule has 0 unspecified atom stereocenters. The first kappa shape index (κ1) is 16.2. The van der Waals surface area contributed by atoms with Crippen molar-refractivity contribution >= 4 is 13.2 Å². The Labute approximate surface area is 127 Å². The zero-order chi connectivity index (χ0) is 15.8. The molecule has 0 atom stereocenters. The van der Waals surface area contributed by atoms with Crippen molar-refractivity contribution in [2.24, 2.45) is 5.73 Å². The van der Waals surface area contributed by atoms with Crippen LogP contribution in [0.3, 0.4) is 0 Å². The molecule has 1 aromatic rings. The predicted molar refractivity (Wildman–Crippen MR) is 86.8 cm³/mol. The third-order valence-corrected chi connectivity index (χ3v) is 4.25. The molecule has 5 heteroatoms. The Bertz CT molecular complexity index is 531. The maximum atomic E-state index is 6.06. The maximum Gasteiger partial charge on any atom is 0.491 e. The summed E-state index contributed by atoms with van der Waals surface area (Å²) in [5.74, 6) is 0. The van der Waals surface area contributed by atoms with Crippen molar-refractivity contribution in [3.8, 4) is 0 Å². The Hall–Kier alpha value is -1.17. The minimum atomic E-state index is -0.395. The lowest BCUT2D eigenvalue weighted by atomic mass is 9.77. The first-order valence-electron chi connectivity index (χ1n) is 7.36. The molecule has 0 aromatic carbocycles. The van der Waals surface area contributed by atoms with Gasteiger partial charge in [-0.2, -0.15) is 0 Å². The van der Waals surface area contributed by atoms with Crippen LogP contribution in [0.5, 0.6) is 0 Å². The summed E-state index contributed by atoms with van der Waals surface area (Å²) < 4.78 is 12.1. The fraction of sp³-hybridized carbons (Fsp3) is 0.562. The molecule has 21 heavy (non-hydrogen) atoms. The van der Waals surface area contributed by atoms with Gasteiger partial charge < -0.3 is 15.0 Å². The third-order valence-electron chi connectivity index (χ3n) is 4.25. The smallest absolute Gasteiger partial charge is 0.400 e. The topological polar surface area (TPSA) is 57.4 Å². The molecule has 0 radical (unpaired) electrons. The largest absolute Gasteiger partial charge is 0.491 e. The summed E-state index contributed by atoms with van der Waals surface area (Å²) >= 11 is 0. The van der Waals surface area contributed by atoms with E-state index < -0.39 is 7.12 Å². The molecule has 2 N–H and O–H groups in total. The minimum absolute atomic E-state index is 0.351. The summed E-state index contributed by atoms with van der Waals surface area (Å²) in [5, 5.41) is 0. The molecule has 1 aliphatic heterocycles. The van der Waals surface area contributed by atoms with Crippen LogP contribution in [0.1, 0.15) is 44.6 Å². The standard InChI is InChI=1S/C16H25BN2O2/c1-11-7-13(8-12(2)19-11)9-14(10-18)17-20-15(3,4)16(5,6)21-17/h7-9H,10,18H2,1-6H3. The SMILES string of the molecule is Cc1cc(C=C(CN)B2OC(C)(C)C(C)(C)O2)cc(C)n1. The highest BCUT2D eigenvalue weighted by Gasteiger charge is 2.52. The van der Waals surface area contributed by atoms with Crippen LogP contribution in [0, 0.1) is 13.8 Å². The van der Waals surface area contributed by atoms with Crippen LogP contribution >= 0.6 is 0 Å². The Morgan fingerprint density at radius 2 is 1.62 bits per heavy atom. The second-order valence-electron chi connectivity index (χ2n) is 6.69. The molecule has 0 spiro atoms. The maximum absolute atomic E-state index is 6.06. The van der Waals surface area contributed by atoms with Gasteiger partial charge in [0.25, 0.3) is 0 Å². The number of nitrogens with zero attached hydrogens (tertiary/aromatic N) is 1. The van der Waals surface area contributed by atoms with Gasteiger partial charge in [-0.15, -0.1) is 0 Å². The molecular weight excluding hydrogens is 263 g/mol. The van der Waals surface area contributed by atoms with Gasteiger partial charge in [0.1, 0.15) is 0 Å². The predicted octanol–water partition coefficient (Wildman–Crippen LogP) is 2.67. The summed E-state index contributed by atoms with van der Waals surface area (Å²) in [7, 11) is -0.395. The van der Waals surface area contributed by atoms with Crippen LogP contribution in [-0.4, -0.2) is 29.8 Å². The summed E-state index contributed by atoms with van der Waals surface area (Å²) in [4.78, 5) is 4.39. The van der Waals surface area contributed by atoms with E-state index in [9.17, 15) is 0 Å². The monoisotopic (exact) mass is 288 g/mol. The lowest BCUT2D eigenvalue weighted by Crippen LogP contribution is -2.41. The van der Waals surface area contributed by atoms with E-state index in [-0.39, 0.29) is 11.2 Å². The van der Waals surface area contributed by atoms with E-state index in [1.807, 2.05) is 59.8 Å². The van der Waals surface area contributed by atoms with Gasteiger partial charge in [-0.05, 0) is 64.7 Å². The molecule has 114 valence electrons. The molecule has 2 rings (SSSR count). The van der Waals surface area contributed by atoms with E-state index in [0.717, 1.165) is 22.4 Å². The molecule has 1 aromatic heterocycles. The number of pyridine rings is 1. The molecule has 0 bridgehead atoms. The van der Waals surface area contributed by atoms with Gasteiger partial charge in [0, 0.05) is 17.9 Å². The molecule has 4 nitrogen and oxygen atoms in total. The quantitative estimate of drug-likeness (QED) is 0.869. The van der Waals surface area contributed by atoms with Gasteiger partial charge >= 0.3 is 7.12 Å². The molecule has 1 fully saturated rings. The normalized spacial score (nSPS) is 20.9. The summed E-state index contributed by atoms with van der Waals surface area (Å²) in [5.41, 5.74) is 9.21. The number of aromatic nitrogens is 1. The van der Waals surface area contributed by atoms with Gasteiger partial charge in [-0.1, -0.05) is 6.08 Å². The van der Waals surface area contributed by atoms with Gasteiger partial charge in [-0.3, -0.25) is 4.98 Å². The Morgan fingerprint density at radius 3 is 2.05 bits per heavy atom. The van der Waals surface area contributed by atoms with Crippen LogP contribution in [0.4, 0.5) is 0 Å². The third kappa shape index (κ3) is 3.36. The minimum Gasteiger partial charge on any atom is -0.400 e. The average Bonchev–Trinajstić information content (AvgIpc) is 2.54. The lowest BCUT2D eigenvalue weighted by molar-refractivity contribution is 0.00578. The van der Waals surface area contributed by atoms with Crippen LogP contribution < -0.4 is 5.73 Å². The molecule has 2 heterocycles. The van der Waals surface area contributed by atoms with Crippen molar-refractivity contribution in [2.45, 2.75) is 52.7 Å². The lowest BCUT2D eigenvalue weighted by Gasteiger charge is -2.32. The molecule has 1 aliphatic rings.